The van der Waals surface area contributed by atoms with Crippen LogP contribution in [0.15, 0.2) is 34.9 Å². The molecule has 1 N–H and O–H groups in total. The molecule has 0 radical (unpaired) electrons. The van der Waals surface area contributed by atoms with E-state index in [1.165, 1.54) is 0 Å². The largest absolute Gasteiger partial charge is 0.496 e. The summed E-state index contributed by atoms with van der Waals surface area (Å²) in [6.45, 7) is 0.321. The Kier molecular flexibility index (Phi) is 4.62. The summed E-state index contributed by atoms with van der Waals surface area (Å²) in [6, 6.07) is 9.30. The number of nitrogens with one attached hydrogen (secondary N) is 1. The summed E-state index contributed by atoms with van der Waals surface area (Å²) in [5, 5.41) is 6.67. The van der Waals surface area contributed by atoms with Crippen molar-refractivity contribution in [3.05, 3.63) is 47.3 Å². The summed E-state index contributed by atoms with van der Waals surface area (Å²) < 4.78 is 16.0. The molecular weight excluding hydrogens is 296 g/mol. The van der Waals surface area contributed by atoms with Gasteiger partial charge in [0.25, 0.3) is 5.91 Å². The van der Waals surface area contributed by atoms with E-state index in [1.807, 2.05) is 24.3 Å². The highest BCUT2D eigenvalue weighted by atomic mass is 16.5. The van der Waals surface area contributed by atoms with Crippen molar-refractivity contribution >= 4 is 5.91 Å². The molecule has 6 nitrogen and oxygen atoms in total. The SMILES string of the molecule is COc1ccccc1C(CNC(=O)c1cc(C2CC2)on1)OC. The molecule has 1 unspecified atom stereocenters. The smallest absolute Gasteiger partial charge is 0.273 e. The zero-order valence-electron chi connectivity index (χ0n) is 13.2. The molecule has 1 fully saturated rings. The summed E-state index contributed by atoms with van der Waals surface area (Å²) >= 11 is 0. The first-order valence-corrected chi connectivity index (χ1v) is 7.63. The fraction of sp³-hybridized carbons (Fsp3) is 0.412. The van der Waals surface area contributed by atoms with Crippen molar-refractivity contribution < 1.29 is 18.8 Å². The normalized spacial score (nSPS) is 15.2. The van der Waals surface area contributed by atoms with Gasteiger partial charge in [-0.2, -0.15) is 0 Å². The van der Waals surface area contributed by atoms with E-state index < -0.39 is 0 Å². The summed E-state index contributed by atoms with van der Waals surface area (Å²) in [4.78, 5) is 12.2. The van der Waals surface area contributed by atoms with Crippen LogP contribution >= 0.6 is 0 Å². The average molecular weight is 316 g/mol. The first kappa shape index (κ1) is 15.6. The van der Waals surface area contributed by atoms with Crippen LogP contribution in [-0.4, -0.2) is 31.8 Å². The lowest BCUT2D eigenvalue weighted by Crippen LogP contribution is -2.29. The quantitative estimate of drug-likeness (QED) is 0.850. The van der Waals surface area contributed by atoms with Crippen molar-refractivity contribution in [3.8, 4) is 5.75 Å². The molecule has 122 valence electrons. The van der Waals surface area contributed by atoms with Gasteiger partial charge in [0.2, 0.25) is 0 Å². The lowest BCUT2D eigenvalue weighted by molar-refractivity contribution is 0.0812. The minimum Gasteiger partial charge on any atom is -0.496 e. The Morgan fingerprint density at radius 1 is 1.39 bits per heavy atom. The highest BCUT2D eigenvalue weighted by molar-refractivity contribution is 5.92. The van der Waals surface area contributed by atoms with Crippen LogP contribution in [0.4, 0.5) is 0 Å². The van der Waals surface area contributed by atoms with Crippen LogP contribution in [-0.2, 0) is 4.74 Å². The van der Waals surface area contributed by atoms with E-state index in [1.54, 1.807) is 20.3 Å². The molecule has 1 amide bonds. The summed E-state index contributed by atoms with van der Waals surface area (Å²) in [6.07, 6.45) is 1.91. The monoisotopic (exact) mass is 316 g/mol. The third kappa shape index (κ3) is 3.53. The second-order valence-corrected chi connectivity index (χ2v) is 5.57. The minimum absolute atomic E-state index is 0.266. The van der Waals surface area contributed by atoms with Crippen molar-refractivity contribution in [1.29, 1.82) is 0 Å². The molecule has 1 atom stereocenters. The van der Waals surface area contributed by atoms with E-state index in [0.29, 0.717) is 18.2 Å². The summed E-state index contributed by atoms with van der Waals surface area (Å²) in [5.74, 6) is 1.69. The first-order valence-electron chi connectivity index (χ1n) is 7.63. The fourth-order valence-corrected chi connectivity index (χ4v) is 2.49. The van der Waals surface area contributed by atoms with Gasteiger partial charge < -0.3 is 19.3 Å². The third-order valence-electron chi connectivity index (χ3n) is 3.96. The molecule has 1 aliphatic carbocycles. The second kappa shape index (κ2) is 6.83. The van der Waals surface area contributed by atoms with Crippen molar-refractivity contribution in [2.75, 3.05) is 20.8 Å². The van der Waals surface area contributed by atoms with E-state index in [0.717, 1.165) is 29.9 Å². The van der Waals surface area contributed by atoms with Gasteiger partial charge in [0, 0.05) is 31.2 Å². The number of aromatic nitrogens is 1. The van der Waals surface area contributed by atoms with Gasteiger partial charge in [-0.3, -0.25) is 4.79 Å². The fourth-order valence-electron chi connectivity index (χ4n) is 2.49. The molecule has 0 aliphatic heterocycles. The maximum atomic E-state index is 12.2. The van der Waals surface area contributed by atoms with Gasteiger partial charge in [-0.1, -0.05) is 23.4 Å². The predicted octanol–water partition coefficient (Wildman–Crippen LogP) is 2.68. The molecule has 0 bridgehead atoms. The summed E-state index contributed by atoms with van der Waals surface area (Å²) in [7, 11) is 3.21. The highest BCUT2D eigenvalue weighted by Gasteiger charge is 2.29. The van der Waals surface area contributed by atoms with E-state index in [4.69, 9.17) is 14.0 Å². The van der Waals surface area contributed by atoms with Crippen LogP contribution in [0.2, 0.25) is 0 Å². The van der Waals surface area contributed by atoms with E-state index >= 15 is 0 Å². The van der Waals surface area contributed by atoms with Gasteiger partial charge >= 0.3 is 0 Å². The van der Waals surface area contributed by atoms with Gasteiger partial charge in [-0.15, -0.1) is 0 Å². The van der Waals surface area contributed by atoms with Gasteiger partial charge in [-0.05, 0) is 18.9 Å². The second-order valence-electron chi connectivity index (χ2n) is 5.57. The van der Waals surface area contributed by atoms with Crippen molar-refractivity contribution in [2.24, 2.45) is 0 Å². The lowest BCUT2D eigenvalue weighted by Gasteiger charge is -2.18. The van der Waals surface area contributed by atoms with Crippen LogP contribution in [0.25, 0.3) is 0 Å². The van der Waals surface area contributed by atoms with Crippen LogP contribution in [0.3, 0.4) is 0 Å². The lowest BCUT2D eigenvalue weighted by atomic mass is 10.1. The number of hydrogen-bond acceptors (Lipinski definition) is 5. The number of ether oxygens (including phenoxy) is 2. The third-order valence-corrected chi connectivity index (χ3v) is 3.96. The Morgan fingerprint density at radius 3 is 2.87 bits per heavy atom. The number of nitrogens with zero attached hydrogens (tertiary/aromatic N) is 1. The molecule has 1 saturated carbocycles. The topological polar surface area (TPSA) is 73.6 Å². The Morgan fingerprint density at radius 2 is 2.17 bits per heavy atom. The van der Waals surface area contributed by atoms with E-state index in [-0.39, 0.29) is 12.0 Å². The van der Waals surface area contributed by atoms with Crippen LogP contribution in [0, 0.1) is 0 Å². The number of benzene rings is 1. The Hall–Kier alpha value is -2.34. The number of para-hydroxylation sites is 1. The zero-order valence-corrected chi connectivity index (χ0v) is 13.2. The van der Waals surface area contributed by atoms with E-state index in [9.17, 15) is 4.79 Å². The number of carbonyl (C=O) groups is 1. The molecule has 23 heavy (non-hydrogen) atoms. The molecular formula is C17H20N2O4. The number of carbonyl (C=O) groups excluding carboxylic acids is 1. The molecule has 0 spiro atoms. The minimum atomic E-state index is -0.301. The van der Waals surface area contributed by atoms with Crippen molar-refractivity contribution in [1.82, 2.24) is 10.5 Å². The Bertz CT molecular complexity index is 679. The summed E-state index contributed by atoms with van der Waals surface area (Å²) in [5.41, 5.74) is 1.19. The number of amides is 1. The number of methoxy groups -OCH3 is 2. The molecule has 6 heteroatoms. The Balaban J connectivity index is 1.63. The van der Waals surface area contributed by atoms with Gasteiger partial charge in [0.15, 0.2) is 5.69 Å². The van der Waals surface area contributed by atoms with Gasteiger partial charge in [-0.25, -0.2) is 0 Å². The molecule has 0 saturated heterocycles. The molecule has 1 aromatic heterocycles. The molecule has 1 heterocycles. The van der Waals surface area contributed by atoms with Crippen molar-refractivity contribution in [2.45, 2.75) is 24.9 Å². The number of hydrogen-bond donors (Lipinski definition) is 1. The predicted molar refractivity (Wildman–Crippen MR) is 83.6 cm³/mol. The highest BCUT2D eigenvalue weighted by Crippen LogP contribution is 2.40. The van der Waals surface area contributed by atoms with Crippen LogP contribution in [0.5, 0.6) is 5.75 Å². The molecule has 3 rings (SSSR count). The van der Waals surface area contributed by atoms with Crippen LogP contribution in [0.1, 0.15) is 46.7 Å². The zero-order chi connectivity index (χ0) is 16.2. The van der Waals surface area contributed by atoms with Crippen LogP contribution < -0.4 is 10.1 Å². The number of rotatable bonds is 7. The van der Waals surface area contributed by atoms with E-state index in [2.05, 4.69) is 10.5 Å². The van der Waals surface area contributed by atoms with Gasteiger partial charge in [0.1, 0.15) is 17.6 Å². The average Bonchev–Trinajstić information content (AvgIpc) is 3.32. The standard InChI is InChI=1S/C17H20N2O4/c1-21-14-6-4-3-5-12(14)16(22-2)10-18-17(20)13-9-15(23-19-13)11-7-8-11/h3-6,9,11,16H,7-8,10H2,1-2H3,(H,18,20). The molecule has 1 aromatic carbocycles. The first-order chi connectivity index (χ1) is 11.2. The Labute approximate surface area is 134 Å². The maximum absolute atomic E-state index is 12.2. The molecule has 1 aliphatic rings. The van der Waals surface area contributed by atoms with Crippen molar-refractivity contribution in [3.63, 3.8) is 0 Å². The molecule has 2 aromatic rings. The maximum Gasteiger partial charge on any atom is 0.273 e. The van der Waals surface area contributed by atoms with Gasteiger partial charge in [0.05, 0.1) is 7.11 Å².